The van der Waals surface area contributed by atoms with Gasteiger partial charge in [-0.05, 0) is 24.5 Å². The van der Waals surface area contributed by atoms with E-state index >= 15 is 0 Å². The van der Waals surface area contributed by atoms with Crippen molar-refractivity contribution in [2.75, 3.05) is 6.54 Å². The third kappa shape index (κ3) is 2.29. The van der Waals surface area contributed by atoms with Gasteiger partial charge in [0.15, 0.2) is 0 Å². The molecule has 0 bridgehead atoms. The maximum Gasteiger partial charge on any atom is 0.261 e. The van der Waals surface area contributed by atoms with Gasteiger partial charge >= 0.3 is 0 Å². The molecule has 1 heterocycles. The quantitative estimate of drug-likeness (QED) is 0.824. The van der Waals surface area contributed by atoms with Crippen LogP contribution >= 0.6 is 0 Å². The molecule has 1 aliphatic rings. The molecule has 1 N–H and O–H groups in total. The Hall–Kier alpha value is -1.68. The van der Waals surface area contributed by atoms with Crippen LogP contribution < -0.4 is 0 Å². The van der Waals surface area contributed by atoms with Gasteiger partial charge in [-0.3, -0.25) is 14.5 Å². The van der Waals surface area contributed by atoms with Crippen LogP contribution in [-0.2, 0) is 0 Å². The highest BCUT2D eigenvalue weighted by Crippen LogP contribution is 2.23. The molecule has 96 valence electrons. The van der Waals surface area contributed by atoms with Crippen LogP contribution in [-0.4, -0.2) is 34.5 Å². The highest BCUT2D eigenvalue weighted by Gasteiger charge is 2.35. The predicted molar refractivity (Wildman–Crippen MR) is 67.3 cm³/mol. The molecule has 1 aliphatic heterocycles. The van der Waals surface area contributed by atoms with Gasteiger partial charge in [0.2, 0.25) is 0 Å². The molecule has 1 atom stereocenters. The zero-order valence-electron chi connectivity index (χ0n) is 10.6. The summed E-state index contributed by atoms with van der Waals surface area (Å²) in [5.41, 5.74) is 0.860. The van der Waals surface area contributed by atoms with Crippen LogP contribution in [0.5, 0.6) is 0 Å². The number of carbonyl (C=O) groups excluding carboxylic acids is 2. The lowest BCUT2D eigenvalue weighted by Gasteiger charge is -2.19. The molecule has 0 aliphatic carbocycles. The molecule has 2 rings (SSSR count). The zero-order valence-corrected chi connectivity index (χ0v) is 10.6. The number of hydrogen-bond donors (Lipinski definition) is 1. The van der Waals surface area contributed by atoms with Crippen molar-refractivity contribution < 1.29 is 14.7 Å². The summed E-state index contributed by atoms with van der Waals surface area (Å²) in [6.07, 6.45) is -0.0832. The topological polar surface area (TPSA) is 57.6 Å². The number of aliphatic hydroxyl groups is 1. The van der Waals surface area contributed by atoms with Crippen LogP contribution in [0.4, 0.5) is 0 Å². The molecule has 4 heteroatoms. The van der Waals surface area contributed by atoms with E-state index in [-0.39, 0.29) is 18.4 Å². The van der Waals surface area contributed by atoms with Gasteiger partial charge in [0.1, 0.15) is 0 Å². The number of carbonyl (C=O) groups is 2. The summed E-state index contributed by atoms with van der Waals surface area (Å²) in [5, 5.41) is 9.85. The Morgan fingerprint density at radius 1 is 1.11 bits per heavy atom. The van der Waals surface area contributed by atoms with E-state index in [2.05, 4.69) is 0 Å². The monoisotopic (exact) mass is 247 g/mol. The molecule has 0 aromatic heterocycles. The smallest absolute Gasteiger partial charge is 0.261 e. The SMILES string of the molecule is CC(C)CC(O)CN1C(=O)c2ccccc2C1=O. The van der Waals surface area contributed by atoms with E-state index in [1.165, 1.54) is 0 Å². The second-order valence-corrected chi connectivity index (χ2v) is 5.05. The molecule has 1 aromatic rings. The highest BCUT2D eigenvalue weighted by molar-refractivity contribution is 6.21. The second kappa shape index (κ2) is 4.90. The summed E-state index contributed by atoms with van der Waals surface area (Å²) in [6, 6.07) is 6.75. The number of β-amino-alcohol motifs (C(OH)–C–C–N with tert-alkyl or cyclic N) is 1. The van der Waals surface area contributed by atoms with Gasteiger partial charge in [-0.25, -0.2) is 0 Å². The number of fused-ring (bicyclic) bond motifs is 1. The Bertz CT molecular complexity index is 447. The number of hydrogen-bond acceptors (Lipinski definition) is 3. The summed E-state index contributed by atoms with van der Waals surface area (Å²) >= 11 is 0. The Morgan fingerprint density at radius 3 is 2.06 bits per heavy atom. The Kier molecular flexibility index (Phi) is 3.48. The van der Waals surface area contributed by atoms with Gasteiger partial charge in [-0.15, -0.1) is 0 Å². The lowest BCUT2D eigenvalue weighted by molar-refractivity contribution is 0.0515. The van der Waals surface area contributed by atoms with Gasteiger partial charge in [-0.2, -0.15) is 0 Å². The Balaban J connectivity index is 2.14. The molecule has 1 aromatic carbocycles. The average molecular weight is 247 g/mol. The van der Waals surface area contributed by atoms with Crippen LogP contribution in [0.2, 0.25) is 0 Å². The van der Waals surface area contributed by atoms with Crippen molar-refractivity contribution in [2.24, 2.45) is 5.92 Å². The van der Waals surface area contributed by atoms with E-state index in [1.54, 1.807) is 24.3 Å². The highest BCUT2D eigenvalue weighted by atomic mass is 16.3. The number of benzene rings is 1. The summed E-state index contributed by atoms with van der Waals surface area (Å²) in [5.74, 6) is -0.285. The van der Waals surface area contributed by atoms with E-state index in [0.717, 1.165) is 4.90 Å². The molecule has 0 saturated carbocycles. The second-order valence-electron chi connectivity index (χ2n) is 5.05. The molecular formula is C14H17NO3. The summed E-state index contributed by atoms with van der Waals surface area (Å²) in [4.78, 5) is 25.2. The number of amides is 2. The molecule has 0 spiro atoms. The molecule has 0 saturated heterocycles. The van der Waals surface area contributed by atoms with Gasteiger partial charge < -0.3 is 5.11 Å². The minimum Gasteiger partial charge on any atom is -0.391 e. The summed E-state index contributed by atoms with van der Waals surface area (Å²) < 4.78 is 0. The Morgan fingerprint density at radius 2 is 1.61 bits per heavy atom. The van der Waals surface area contributed by atoms with Gasteiger partial charge in [0, 0.05) is 0 Å². The number of rotatable bonds is 4. The van der Waals surface area contributed by atoms with Crippen LogP contribution in [0.15, 0.2) is 24.3 Å². The fraction of sp³-hybridized carbons (Fsp3) is 0.429. The molecule has 18 heavy (non-hydrogen) atoms. The van der Waals surface area contributed by atoms with E-state index in [9.17, 15) is 14.7 Å². The van der Waals surface area contributed by atoms with Crippen molar-refractivity contribution in [3.63, 3.8) is 0 Å². The van der Waals surface area contributed by atoms with E-state index in [0.29, 0.717) is 23.5 Å². The first-order valence-electron chi connectivity index (χ1n) is 6.14. The molecular weight excluding hydrogens is 230 g/mol. The minimum absolute atomic E-state index is 0.0739. The predicted octanol–water partition coefficient (Wildman–Crippen LogP) is 1.69. The third-order valence-electron chi connectivity index (χ3n) is 3.01. The van der Waals surface area contributed by atoms with E-state index in [1.807, 2.05) is 13.8 Å². The standard InChI is InChI=1S/C14H17NO3/c1-9(2)7-10(16)8-15-13(17)11-5-3-4-6-12(11)14(15)18/h3-6,9-10,16H,7-8H2,1-2H3. The molecule has 2 amide bonds. The van der Waals surface area contributed by atoms with Crippen molar-refractivity contribution in [3.05, 3.63) is 35.4 Å². The summed E-state index contributed by atoms with van der Waals surface area (Å²) in [7, 11) is 0. The van der Waals surface area contributed by atoms with E-state index < -0.39 is 6.10 Å². The minimum atomic E-state index is -0.660. The van der Waals surface area contributed by atoms with Crippen molar-refractivity contribution in [3.8, 4) is 0 Å². The van der Waals surface area contributed by atoms with Crippen LogP contribution in [0, 0.1) is 5.92 Å². The zero-order chi connectivity index (χ0) is 13.3. The fourth-order valence-corrected chi connectivity index (χ4v) is 2.23. The first-order valence-corrected chi connectivity index (χ1v) is 6.14. The maximum atomic E-state index is 12.0. The fourth-order valence-electron chi connectivity index (χ4n) is 2.23. The van der Waals surface area contributed by atoms with Crippen molar-refractivity contribution in [1.29, 1.82) is 0 Å². The first kappa shape index (κ1) is 12.8. The van der Waals surface area contributed by atoms with Gasteiger partial charge in [0.25, 0.3) is 11.8 Å². The summed E-state index contributed by atoms with van der Waals surface area (Å²) in [6.45, 7) is 4.06. The van der Waals surface area contributed by atoms with Crippen molar-refractivity contribution in [1.82, 2.24) is 4.90 Å². The molecule has 1 unspecified atom stereocenters. The lowest BCUT2D eigenvalue weighted by atomic mass is 10.1. The molecule has 0 fully saturated rings. The number of nitrogens with zero attached hydrogens (tertiary/aromatic N) is 1. The van der Waals surface area contributed by atoms with Crippen molar-refractivity contribution >= 4 is 11.8 Å². The van der Waals surface area contributed by atoms with Gasteiger partial charge in [-0.1, -0.05) is 26.0 Å². The first-order chi connectivity index (χ1) is 8.50. The van der Waals surface area contributed by atoms with Crippen LogP contribution in [0.25, 0.3) is 0 Å². The van der Waals surface area contributed by atoms with Crippen LogP contribution in [0.3, 0.4) is 0 Å². The molecule has 4 nitrogen and oxygen atoms in total. The van der Waals surface area contributed by atoms with E-state index in [4.69, 9.17) is 0 Å². The number of aliphatic hydroxyl groups excluding tert-OH is 1. The Labute approximate surface area is 106 Å². The molecule has 0 radical (unpaired) electrons. The third-order valence-corrected chi connectivity index (χ3v) is 3.01. The van der Waals surface area contributed by atoms with Gasteiger partial charge in [0.05, 0.1) is 23.8 Å². The van der Waals surface area contributed by atoms with Crippen LogP contribution in [0.1, 0.15) is 41.0 Å². The lowest BCUT2D eigenvalue weighted by Crippen LogP contribution is -2.37. The maximum absolute atomic E-state index is 12.0. The van der Waals surface area contributed by atoms with Crippen molar-refractivity contribution in [2.45, 2.75) is 26.4 Å². The normalized spacial score (nSPS) is 16.3. The number of imide groups is 1. The average Bonchev–Trinajstić information content (AvgIpc) is 2.54. The largest absolute Gasteiger partial charge is 0.391 e.